The molecule has 0 saturated carbocycles. The number of nitrogens with one attached hydrogen (secondary N) is 1. The Balaban J connectivity index is 2.02. The molecule has 0 amide bonds. The number of hydrogen-bond donors (Lipinski definition) is 2. The van der Waals surface area contributed by atoms with Crippen LogP contribution < -0.4 is 10.2 Å². The molecule has 0 aromatic carbocycles. The zero-order valence-corrected chi connectivity index (χ0v) is 7.03. The summed E-state index contributed by atoms with van der Waals surface area (Å²) in [6.07, 6.45) is 2.77. The smallest absolute Gasteiger partial charge is 0.127 e. The van der Waals surface area contributed by atoms with E-state index in [2.05, 4.69) is 12.2 Å². The van der Waals surface area contributed by atoms with Crippen molar-refractivity contribution in [2.75, 3.05) is 32.7 Å². The number of unbranched alkanes of at least 4 members (excludes halogenated alkanes) is 1. The highest BCUT2D eigenvalue weighted by atomic mass is 15.2. The summed E-state index contributed by atoms with van der Waals surface area (Å²) in [5.74, 6) is 0. The van der Waals surface area contributed by atoms with E-state index in [1.165, 1.54) is 45.6 Å². The quantitative estimate of drug-likeness (QED) is 0.469. The molecule has 1 aliphatic rings. The third kappa shape index (κ3) is 2.67. The molecule has 0 aromatic heterocycles. The van der Waals surface area contributed by atoms with Gasteiger partial charge in [-0.15, -0.1) is 0 Å². The average Bonchev–Trinajstić information content (AvgIpc) is 2.03. The highest BCUT2D eigenvalue weighted by Crippen LogP contribution is 1.78. The largest absolute Gasteiger partial charge is 0.337 e. The van der Waals surface area contributed by atoms with Crippen LogP contribution in [-0.4, -0.2) is 32.7 Å². The zero-order valence-electron chi connectivity index (χ0n) is 7.03. The van der Waals surface area contributed by atoms with Crippen LogP contribution in [0.15, 0.2) is 0 Å². The molecule has 1 heterocycles. The van der Waals surface area contributed by atoms with Gasteiger partial charge in [0.2, 0.25) is 0 Å². The topological polar surface area (TPSA) is 21.1 Å². The fourth-order valence-electron chi connectivity index (χ4n) is 1.56. The maximum atomic E-state index is 2.43. The molecule has 0 aromatic rings. The van der Waals surface area contributed by atoms with Crippen LogP contribution in [-0.2, 0) is 0 Å². The summed E-state index contributed by atoms with van der Waals surface area (Å²) < 4.78 is 0. The normalized spacial score (nSPS) is 21.3. The Hall–Kier alpha value is -0.0800. The highest BCUT2D eigenvalue weighted by molar-refractivity contribution is 4.35. The van der Waals surface area contributed by atoms with Crippen LogP contribution in [0, 0.1) is 0 Å². The Labute approximate surface area is 63.6 Å². The minimum Gasteiger partial charge on any atom is -0.337 e. The van der Waals surface area contributed by atoms with Gasteiger partial charge in [-0.1, -0.05) is 13.3 Å². The van der Waals surface area contributed by atoms with Crippen molar-refractivity contribution in [2.24, 2.45) is 0 Å². The maximum absolute atomic E-state index is 2.43. The van der Waals surface area contributed by atoms with Crippen LogP contribution in [0.4, 0.5) is 0 Å². The lowest BCUT2D eigenvalue weighted by Gasteiger charge is -2.21. The first-order valence-corrected chi connectivity index (χ1v) is 4.58. The van der Waals surface area contributed by atoms with Crippen molar-refractivity contribution < 1.29 is 10.2 Å². The number of hydrogen-bond acceptors (Lipinski definition) is 0. The van der Waals surface area contributed by atoms with Gasteiger partial charge in [-0.25, -0.2) is 0 Å². The standard InChI is InChI=1S/C8H18N2/c1-2-3-6-10-7-4-9-5-8-10/h9H,2-8H2,1H3/p+2. The molecule has 3 N–H and O–H groups in total. The predicted molar refractivity (Wildman–Crippen MR) is 42.1 cm³/mol. The van der Waals surface area contributed by atoms with Gasteiger partial charge in [-0.2, -0.15) is 0 Å². The molecule has 0 radical (unpaired) electrons. The van der Waals surface area contributed by atoms with Gasteiger partial charge < -0.3 is 10.2 Å². The molecule has 10 heavy (non-hydrogen) atoms. The Morgan fingerprint density at radius 1 is 1.30 bits per heavy atom. The summed E-state index contributed by atoms with van der Waals surface area (Å²) in [5.41, 5.74) is 0. The Morgan fingerprint density at radius 3 is 2.60 bits per heavy atom. The van der Waals surface area contributed by atoms with Crippen LogP contribution in [0.3, 0.4) is 0 Å². The first kappa shape index (κ1) is 8.02. The van der Waals surface area contributed by atoms with Gasteiger partial charge in [0.1, 0.15) is 26.2 Å². The zero-order chi connectivity index (χ0) is 7.23. The van der Waals surface area contributed by atoms with Gasteiger partial charge in [0.15, 0.2) is 0 Å². The number of piperazine rings is 1. The van der Waals surface area contributed by atoms with Crippen molar-refractivity contribution >= 4 is 0 Å². The number of rotatable bonds is 3. The summed E-state index contributed by atoms with van der Waals surface area (Å²) >= 11 is 0. The van der Waals surface area contributed by atoms with Gasteiger partial charge in [-0.05, 0) is 6.42 Å². The molecular formula is C8H20N2+2. The first-order valence-electron chi connectivity index (χ1n) is 4.58. The molecule has 2 nitrogen and oxygen atoms in total. The molecule has 1 fully saturated rings. The van der Waals surface area contributed by atoms with Crippen molar-refractivity contribution in [2.45, 2.75) is 19.8 Å². The second-order valence-electron chi connectivity index (χ2n) is 3.22. The van der Waals surface area contributed by atoms with Crippen molar-refractivity contribution in [3.63, 3.8) is 0 Å². The second kappa shape index (κ2) is 4.69. The minimum absolute atomic E-state index is 1.35. The molecule has 1 saturated heterocycles. The van der Waals surface area contributed by atoms with Crippen molar-refractivity contribution in [1.82, 2.24) is 0 Å². The van der Waals surface area contributed by atoms with E-state index in [1.54, 1.807) is 0 Å². The van der Waals surface area contributed by atoms with Crippen LogP contribution >= 0.6 is 0 Å². The van der Waals surface area contributed by atoms with Gasteiger partial charge in [0, 0.05) is 0 Å². The van der Waals surface area contributed by atoms with Gasteiger partial charge >= 0.3 is 0 Å². The molecule has 0 bridgehead atoms. The van der Waals surface area contributed by atoms with E-state index in [0.717, 1.165) is 0 Å². The summed E-state index contributed by atoms with van der Waals surface area (Å²) in [4.78, 5) is 1.82. The van der Waals surface area contributed by atoms with Crippen LogP contribution in [0.1, 0.15) is 19.8 Å². The van der Waals surface area contributed by atoms with Gasteiger partial charge in [-0.3, -0.25) is 0 Å². The van der Waals surface area contributed by atoms with Crippen LogP contribution in [0.2, 0.25) is 0 Å². The van der Waals surface area contributed by atoms with E-state index in [0.29, 0.717) is 0 Å². The van der Waals surface area contributed by atoms with E-state index in [9.17, 15) is 0 Å². The summed E-state index contributed by atoms with van der Waals surface area (Å²) in [5, 5.41) is 2.43. The number of nitrogens with two attached hydrogens (primary N) is 1. The predicted octanol–water partition coefficient (Wildman–Crippen LogP) is -1.75. The molecule has 1 aliphatic heterocycles. The minimum atomic E-state index is 1.35. The molecular weight excluding hydrogens is 124 g/mol. The fraction of sp³-hybridized carbons (Fsp3) is 1.00. The Kier molecular flexibility index (Phi) is 3.76. The molecule has 2 heteroatoms. The average molecular weight is 144 g/mol. The first-order chi connectivity index (χ1) is 4.93. The fourth-order valence-corrected chi connectivity index (χ4v) is 1.56. The lowest BCUT2D eigenvalue weighted by molar-refractivity contribution is -0.946. The summed E-state index contributed by atoms with van der Waals surface area (Å²) in [6.45, 7) is 9.15. The monoisotopic (exact) mass is 144 g/mol. The molecule has 0 spiro atoms. The molecule has 0 unspecified atom stereocenters. The Bertz CT molecular complexity index is 77.3. The second-order valence-corrected chi connectivity index (χ2v) is 3.22. The highest BCUT2D eigenvalue weighted by Gasteiger charge is 2.13. The lowest BCUT2D eigenvalue weighted by atomic mass is 10.3. The van der Waals surface area contributed by atoms with E-state index in [4.69, 9.17) is 0 Å². The summed E-state index contributed by atoms with van der Waals surface area (Å²) in [7, 11) is 0. The summed E-state index contributed by atoms with van der Waals surface area (Å²) in [6, 6.07) is 0. The third-order valence-corrected chi connectivity index (χ3v) is 2.29. The lowest BCUT2D eigenvalue weighted by Crippen LogP contribution is -3.20. The van der Waals surface area contributed by atoms with Crippen LogP contribution in [0.5, 0.6) is 0 Å². The molecule has 60 valence electrons. The van der Waals surface area contributed by atoms with E-state index < -0.39 is 0 Å². The van der Waals surface area contributed by atoms with E-state index in [-0.39, 0.29) is 0 Å². The molecule has 1 rings (SSSR count). The maximum Gasteiger partial charge on any atom is 0.127 e. The van der Waals surface area contributed by atoms with Crippen molar-refractivity contribution in [3.05, 3.63) is 0 Å². The number of quaternary nitrogens is 2. The van der Waals surface area contributed by atoms with E-state index in [1.807, 2.05) is 4.90 Å². The van der Waals surface area contributed by atoms with Gasteiger partial charge in [0.05, 0.1) is 6.54 Å². The SMILES string of the molecule is CCCC[NH+]1CC[NH2+]CC1. The molecule has 0 aliphatic carbocycles. The van der Waals surface area contributed by atoms with Crippen molar-refractivity contribution in [3.8, 4) is 0 Å². The van der Waals surface area contributed by atoms with Crippen molar-refractivity contribution in [1.29, 1.82) is 0 Å². The van der Waals surface area contributed by atoms with Crippen LogP contribution in [0.25, 0.3) is 0 Å². The Morgan fingerprint density at radius 2 is 2.00 bits per heavy atom. The third-order valence-electron chi connectivity index (χ3n) is 2.29. The van der Waals surface area contributed by atoms with E-state index >= 15 is 0 Å². The molecule has 0 atom stereocenters. The van der Waals surface area contributed by atoms with Gasteiger partial charge in [0.25, 0.3) is 0 Å².